The number of aromatic nitrogens is 5. The van der Waals surface area contributed by atoms with Crippen LogP contribution in [0.5, 0.6) is 0 Å². The van der Waals surface area contributed by atoms with Crippen molar-refractivity contribution in [1.29, 1.82) is 0 Å². The van der Waals surface area contributed by atoms with Gasteiger partial charge < -0.3 is 4.98 Å². The lowest BCUT2D eigenvalue weighted by Crippen LogP contribution is -1.97. The smallest absolute Gasteiger partial charge is 0.153 e. The minimum atomic E-state index is -0.269. The highest BCUT2D eigenvalue weighted by Crippen LogP contribution is 2.27. The van der Waals surface area contributed by atoms with Crippen LogP contribution in [-0.2, 0) is 0 Å². The molecule has 0 unspecified atom stereocenters. The number of H-pyrrole nitrogens is 1. The van der Waals surface area contributed by atoms with Crippen molar-refractivity contribution in [2.45, 2.75) is 6.92 Å². The summed E-state index contributed by atoms with van der Waals surface area (Å²) in [5.74, 6) is -0.269. The number of nitrogens with zero attached hydrogens (tertiary/aromatic N) is 4. The number of aromatic amines is 1. The number of nitrogens with one attached hydrogen (secondary N) is 1. The number of imidazole rings is 2. The van der Waals surface area contributed by atoms with Crippen LogP contribution in [0.2, 0.25) is 0 Å². The lowest BCUT2D eigenvalue weighted by atomic mass is 10.1. The Morgan fingerprint density at radius 3 is 2.68 bits per heavy atom. The van der Waals surface area contributed by atoms with E-state index in [1.165, 1.54) is 12.1 Å². The summed E-state index contributed by atoms with van der Waals surface area (Å²) in [5, 5.41) is 4.59. The number of halogens is 1. The molecular weight excluding hydrogens is 281 g/mol. The van der Waals surface area contributed by atoms with Crippen LogP contribution in [0.1, 0.15) is 5.69 Å². The maximum Gasteiger partial charge on any atom is 0.153 e. The number of hydrogen-bond donors (Lipinski definition) is 1. The summed E-state index contributed by atoms with van der Waals surface area (Å²) < 4.78 is 14.9. The molecule has 0 amide bonds. The average molecular weight is 293 g/mol. The molecule has 0 fully saturated rings. The summed E-state index contributed by atoms with van der Waals surface area (Å²) in [6.07, 6.45) is 3.39. The normalized spacial score (nSPS) is 11.2. The molecule has 0 saturated carbocycles. The molecule has 108 valence electrons. The molecule has 3 aromatic heterocycles. The SMILES string of the molecule is Cc1cnc2ccc(-c3[nH]cnc3-c3ccc(F)cc3)nn12. The Labute approximate surface area is 125 Å². The van der Waals surface area contributed by atoms with Crippen molar-refractivity contribution in [3.8, 4) is 22.6 Å². The minimum Gasteiger partial charge on any atom is -0.343 e. The van der Waals surface area contributed by atoms with Crippen molar-refractivity contribution in [2.24, 2.45) is 0 Å². The van der Waals surface area contributed by atoms with Crippen LogP contribution >= 0.6 is 0 Å². The summed E-state index contributed by atoms with van der Waals surface area (Å²) in [5.41, 5.74) is 4.88. The van der Waals surface area contributed by atoms with Crippen LogP contribution in [0.4, 0.5) is 4.39 Å². The van der Waals surface area contributed by atoms with Crippen LogP contribution in [0, 0.1) is 12.7 Å². The van der Waals surface area contributed by atoms with Gasteiger partial charge in [0, 0.05) is 5.56 Å². The van der Waals surface area contributed by atoms with Gasteiger partial charge in [0.05, 0.1) is 29.6 Å². The fourth-order valence-corrected chi connectivity index (χ4v) is 2.44. The largest absolute Gasteiger partial charge is 0.343 e. The Morgan fingerprint density at radius 1 is 1.05 bits per heavy atom. The predicted molar refractivity (Wildman–Crippen MR) is 80.7 cm³/mol. The van der Waals surface area contributed by atoms with E-state index in [2.05, 4.69) is 20.1 Å². The molecule has 6 heteroatoms. The molecule has 0 radical (unpaired) electrons. The minimum absolute atomic E-state index is 0.269. The summed E-state index contributed by atoms with van der Waals surface area (Å²) >= 11 is 0. The lowest BCUT2D eigenvalue weighted by molar-refractivity contribution is 0.628. The Morgan fingerprint density at radius 2 is 1.86 bits per heavy atom. The van der Waals surface area contributed by atoms with Gasteiger partial charge in [0.15, 0.2) is 5.65 Å². The standard InChI is InChI=1S/C16H12FN5/c1-10-8-18-14-7-6-13(21-22(10)14)16-15(19-9-20-16)11-2-4-12(17)5-3-11/h2-9H,1H3,(H,19,20). The Kier molecular flexibility index (Phi) is 2.75. The monoisotopic (exact) mass is 293 g/mol. The second-order valence-electron chi connectivity index (χ2n) is 5.02. The van der Waals surface area contributed by atoms with E-state index in [1.807, 2.05) is 19.1 Å². The van der Waals surface area contributed by atoms with Crippen LogP contribution in [0.25, 0.3) is 28.3 Å². The van der Waals surface area contributed by atoms with Gasteiger partial charge in [0.25, 0.3) is 0 Å². The summed E-state index contributed by atoms with van der Waals surface area (Å²) in [4.78, 5) is 11.7. The van der Waals surface area contributed by atoms with Gasteiger partial charge >= 0.3 is 0 Å². The number of rotatable bonds is 2. The number of aryl methyl sites for hydroxylation is 1. The topological polar surface area (TPSA) is 58.9 Å². The molecule has 0 aliphatic rings. The van der Waals surface area contributed by atoms with E-state index < -0.39 is 0 Å². The van der Waals surface area contributed by atoms with E-state index in [1.54, 1.807) is 29.2 Å². The third-order valence-corrected chi connectivity index (χ3v) is 3.55. The molecule has 1 N–H and O–H groups in total. The summed E-state index contributed by atoms with van der Waals surface area (Å²) in [6, 6.07) is 10.0. The zero-order valence-electron chi connectivity index (χ0n) is 11.8. The number of hydrogen-bond acceptors (Lipinski definition) is 3. The molecule has 0 aliphatic carbocycles. The summed E-state index contributed by atoms with van der Waals surface area (Å²) in [7, 11) is 0. The van der Waals surface area contributed by atoms with Gasteiger partial charge in [-0.05, 0) is 43.3 Å². The first-order chi connectivity index (χ1) is 10.7. The summed E-state index contributed by atoms with van der Waals surface area (Å²) in [6.45, 7) is 1.95. The molecule has 0 spiro atoms. The van der Waals surface area contributed by atoms with Crippen LogP contribution in [0.3, 0.4) is 0 Å². The molecule has 4 aromatic rings. The fourth-order valence-electron chi connectivity index (χ4n) is 2.44. The van der Waals surface area contributed by atoms with Crippen molar-refractivity contribution < 1.29 is 4.39 Å². The van der Waals surface area contributed by atoms with E-state index in [0.717, 1.165) is 34.0 Å². The van der Waals surface area contributed by atoms with E-state index in [0.29, 0.717) is 0 Å². The van der Waals surface area contributed by atoms with Gasteiger partial charge in [0.1, 0.15) is 11.5 Å². The van der Waals surface area contributed by atoms with Crippen LogP contribution in [0.15, 0.2) is 48.9 Å². The van der Waals surface area contributed by atoms with Gasteiger partial charge in [-0.1, -0.05) is 0 Å². The van der Waals surface area contributed by atoms with Gasteiger partial charge in [0.2, 0.25) is 0 Å². The van der Waals surface area contributed by atoms with Crippen molar-refractivity contribution in [2.75, 3.05) is 0 Å². The van der Waals surface area contributed by atoms with Crippen LogP contribution in [-0.4, -0.2) is 24.6 Å². The first-order valence-electron chi connectivity index (χ1n) is 6.83. The third-order valence-electron chi connectivity index (χ3n) is 3.55. The molecule has 0 saturated heterocycles. The van der Waals surface area contributed by atoms with Gasteiger partial charge in [-0.15, -0.1) is 0 Å². The molecule has 0 atom stereocenters. The van der Waals surface area contributed by atoms with Crippen molar-refractivity contribution in [3.05, 3.63) is 60.4 Å². The van der Waals surface area contributed by atoms with Crippen molar-refractivity contribution in [1.82, 2.24) is 24.6 Å². The Hall–Kier alpha value is -3.02. The number of fused-ring (bicyclic) bond motifs is 1. The van der Waals surface area contributed by atoms with E-state index in [-0.39, 0.29) is 5.82 Å². The Bertz CT molecular complexity index is 952. The average Bonchev–Trinajstić information content (AvgIpc) is 3.15. The maximum atomic E-state index is 13.1. The second-order valence-corrected chi connectivity index (χ2v) is 5.02. The zero-order valence-corrected chi connectivity index (χ0v) is 11.8. The quantitative estimate of drug-likeness (QED) is 0.617. The molecule has 3 heterocycles. The molecular formula is C16H12FN5. The zero-order chi connectivity index (χ0) is 15.1. The second kappa shape index (κ2) is 4.77. The highest BCUT2D eigenvalue weighted by molar-refractivity contribution is 5.76. The van der Waals surface area contributed by atoms with Gasteiger partial charge in [-0.2, -0.15) is 5.10 Å². The van der Waals surface area contributed by atoms with Gasteiger partial charge in [-0.25, -0.2) is 18.9 Å². The molecule has 22 heavy (non-hydrogen) atoms. The predicted octanol–water partition coefficient (Wildman–Crippen LogP) is 3.23. The molecule has 1 aromatic carbocycles. The van der Waals surface area contributed by atoms with Gasteiger partial charge in [-0.3, -0.25) is 0 Å². The van der Waals surface area contributed by atoms with E-state index >= 15 is 0 Å². The van der Waals surface area contributed by atoms with Crippen LogP contribution < -0.4 is 0 Å². The molecule has 5 nitrogen and oxygen atoms in total. The highest BCUT2D eigenvalue weighted by Gasteiger charge is 2.13. The van der Waals surface area contributed by atoms with Crippen molar-refractivity contribution >= 4 is 5.65 Å². The van der Waals surface area contributed by atoms with E-state index in [9.17, 15) is 4.39 Å². The molecule has 0 aliphatic heterocycles. The maximum absolute atomic E-state index is 13.1. The highest BCUT2D eigenvalue weighted by atomic mass is 19.1. The first kappa shape index (κ1) is 12.7. The first-order valence-corrected chi connectivity index (χ1v) is 6.83. The number of benzene rings is 1. The fraction of sp³-hybridized carbons (Fsp3) is 0.0625. The Balaban J connectivity index is 1.87. The van der Waals surface area contributed by atoms with Crippen molar-refractivity contribution in [3.63, 3.8) is 0 Å². The lowest BCUT2D eigenvalue weighted by Gasteiger charge is -2.04. The van der Waals surface area contributed by atoms with E-state index in [4.69, 9.17) is 0 Å². The molecule has 4 rings (SSSR count). The molecule has 0 bridgehead atoms. The third kappa shape index (κ3) is 1.96.